The average molecular weight is 408 g/mol. The number of hydrogen-bond donors (Lipinski definition) is 2. The molecule has 2 aliphatic heterocycles. The number of hydrogen-bond acceptors (Lipinski definition) is 5. The van der Waals surface area contributed by atoms with Gasteiger partial charge in [-0.2, -0.15) is 0 Å². The predicted octanol–water partition coefficient (Wildman–Crippen LogP) is 3.95. The van der Waals surface area contributed by atoms with Crippen molar-refractivity contribution < 1.29 is 13.9 Å². The molecule has 156 valence electrons. The minimum atomic E-state index is -0.349. The maximum Gasteiger partial charge on any atom is 0.230 e. The molecule has 3 aliphatic rings. The Morgan fingerprint density at radius 1 is 1.20 bits per heavy atom. The summed E-state index contributed by atoms with van der Waals surface area (Å²) in [6.07, 6.45) is 5.52. The van der Waals surface area contributed by atoms with Crippen molar-refractivity contribution in [2.24, 2.45) is 5.92 Å². The number of hydrazine groups is 2. The zero-order valence-electron chi connectivity index (χ0n) is 17.1. The summed E-state index contributed by atoms with van der Waals surface area (Å²) < 4.78 is 20.1. The summed E-state index contributed by atoms with van der Waals surface area (Å²) in [4.78, 5) is 15.0. The van der Waals surface area contributed by atoms with E-state index in [1.54, 1.807) is 12.1 Å². The second-order valence-electron chi connectivity index (χ2n) is 8.26. The first kappa shape index (κ1) is 18.9. The normalized spacial score (nSPS) is 20.5. The Labute approximate surface area is 175 Å². The molecule has 5 rings (SSSR count). The van der Waals surface area contributed by atoms with Crippen LogP contribution in [-0.4, -0.2) is 24.0 Å². The van der Waals surface area contributed by atoms with E-state index >= 15 is 0 Å². The van der Waals surface area contributed by atoms with E-state index in [4.69, 9.17) is 4.74 Å². The lowest BCUT2D eigenvalue weighted by atomic mass is 9.92. The molecule has 1 aliphatic carbocycles. The number of carbonyl (C=O) groups is 1. The largest absolute Gasteiger partial charge is 0.456 e. The van der Waals surface area contributed by atoms with Crippen LogP contribution < -0.4 is 20.6 Å². The molecule has 6 nitrogen and oxygen atoms in total. The minimum absolute atomic E-state index is 0.141. The van der Waals surface area contributed by atoms with E-state index in [0.29, 0.717) is 11.5 Å². The smallest absolute Gasteiger partial charge is 0.230 e. The van der Waals surface area contributed by atoms with Crippen LogP contribution in [-0.2, 0) is 11.2 Å². The molecule has 0 aromatic heterocycles. The van der Waals surface area contributed by atoms with Gasteiger partial charge in [0.05, 0.1) is 11.4 Å². The number of nitrogens with zero attached hydrogens (tertiary/aromatic N) is 2. The number of carbonyl (C=O) groups excluding carboxylic acids is 1. The maximum absolute atomic E-state index is 13.8. The Kier molecular flexibility index (Phi) is 4.62. The van der Waals surface area contributed by atoms with E-state index in [1.807, 2.05) is 35.3 Å². The fourth-order valence-corrected chi connectivity index (χ4v) is 4.19. The molecule has 0 spiro atoms. The van der Waals surface area contributed by atoms with Gasteiger partial charge in [-0.1, -0.05) is 6.07 Å². The summed E-state index contributed by atoms with van der Waals surface area (Å²) in [5.41, 5.74) is 9.76. The van der Waals surface area contributed by atoms with Gasteiger partial charge >= 0.3 is 0 Å². The number of amides is 1. The van der Waals surface area contributed by atoms with Crippen LogP contribution in [0, 0.1) is 11.7 Å². The molecule has 2 N–H and O–H groups in total. The molecule has 0 radical (unpaired) electrons. The fourth-order valence-electron chi connectivity index (χ4n) is 4.19. The summed E-state index contributed by atoms with van der Waals surface area (Å²) in [5, 5.41) is 1.81. The van der Waals surface area contributed by atoms with Gasteiger partial charge in [-0.15, -0.1) is 5.53 Å². The summed E-state index contributed by atoms with van der Waals surface area (Å²) in [7, 11) is 1.89. The van der Waals surface area contributed by atoms with Crippen molar-refractivity contribution in [1.29, 1.82) is 0 Å². The number of rotatable bonds is 4. The van der Waals surface area contributed by atoms with Gasteiger partial charge in [0, 0.05) is 42.4 Å². The van der Waals surface area contributed by atoms with Crippen LogP contribution in [0.4, 0.5) is 10.1 Å². The van der Waals surface area contributed by atoms with Gasteiger partial charge in [0.2, 0.25) is 5.91 Å². The van der Waals surface area contributed by atoms with Crippen molar-refractivity contribution in [3.8, 4) is 11.5 Å². The summed E-state index contributed by atoms with van der Waals surface area (Å²) in [6.45, 7) is 2.10. The standard InChI is InChI=1S/C23H25FN4O2/c1-14-6-9-19-21(28(14)23(29)15-7-8-15)11-10-18(20-13-27(2)26-25-20)22(19)30-17-5-3-4-16(24)12-17/h3-5,10-15,25-26H,6-9H2,1-2H3. The molecular weight excluding hydrogens is 383 g/mol. The number of anilines is 1. The first-order chi connectivity index (χ1) is 14.5. The second-order valence-corrected chi connectivity index (χ2v) is 8.26. The Bertz CT molecular complexity index is 1030. The van der Waals surface area contributed by atoms with E-state index in [0.717, 1.165) is 48.2 Å². The van der Waals surface area contributed by atoms with E-state index in [9.17, 15) is 9.18 Å². The van der Waals surface area contributed by atoms with Crippen LogP contribution in [0.2, 0.25) is 0 Å². The zero-order valence-corrected chi connectivity index (χ0v) is 17.1. The Morgan fingerprint density at radius 3 is 2.73 bits per heavy atom. The molecule has 2 aromatic rings. The molecule has 2 heterocycles. The van der Waals surface area contributed by atoms with Crippen LogP contribution in [0.1, 0.15) is 37.3 Å². The van der Waals surface area contributed by atoms with Crippen LogP contribution in [0.25, 0.3) is 5.70 Å². The number of benzene rings is 2. The third-order valence-electron chi connectivity index (χ3n) is 5.91. The molecule has 0 bridgehead atoms. The first-order valence-corrected chi connectivity index (χ1v) is 10.4. The van der Waals surface area contributed by atoms with Gasteiger partial charge < -0.3 is 15.1 Å². The highest BCUT2D eigenvalue weighted by Gasteiger charge is 2.39. The van der Waals surface area contributed by atoms with Crippen molar-refractivity contribution >= 4 is 17.3 Å². The second kappa shape index (κ2) is 7.32. The van der Waals surface area contributed by atoms with Gasteiger partial charge in [-0.3, -0.25) is 9.80 Å². The monoisotopic (exact) mass is 408 g/mol. The van der Waals surface area contributed by atoms with E-state index < -0.39 is 0 Å². The topological polar surface area (TPSA) is 56.8 Å². The van der Waals surface area contributed by atoms with E-state index in [-0.39, 0.29) is 23.7 Å². The maximum atomic E-state index is 13.8. The number of fused-ring (bicyclic) bond motifs is 1. The number of nitrogens with one attached hydrogen (secondary N) is 2. The molecule has 0 saturated heterocycles. The Balaban J connectivity index is 1.63. The molecule has 1 atom stereocenters. The predicted molar refractivity (Wildman–Crippen MR) is 113 cm³/mol. The van der Waals surface area contributed by atoms with E-state index in [2.05, 4.69) is 17.9 Å². The molecule has 30 heavy (non-hydrogen) atoms. The van der Waals surface area contributed by atoms with Gasteiger partial charge in [0.1, 0.15) is 17.3 Å². The Hall–Kier alpha value is -3.06. The van der Waals surface area contributed by atoms with Gasteiger partial charge in [0.15, 0.2) is 0 Å². The average Bonchev–Trinajstić information content (AvgIpc) is 3.49. The highest BCUT2D eigenvalue weighted by molar-refractivity contribution is 5.99. The van der Waals surface area contributed by atoms with Gasteiger partial charge in [-0.05, 0) is 56.9 Å². The zero-order chi connectivity index (χ0) is 20.8. The van der Waals surface area contributed by atoms with Crippen molar-refractivity contribution in [3.63, 3.8) is 0 Å². The molecule has 7 heteroatoms. The van der Waals surface area contributed by atoms with Crippen LogP contribution >= 0.6 is 0 Å². The molecule has 1 unspecified atom stereocenters. The molecule has 1 fully saturated rings. The van der Waals surface area contributed by atoms with Gasteiger partial charge in [0.25, 0.3) is 0 Å². The lowest BCUT2D eigenvalue weighted by molar-refractivity contribution is -0.120. The van der Waals surface area contributed by atoms with Gasteiger partial charge in [-0.25, -0.2) is 4.39 Å². The van der Waals surface area contributed by atoms with Crippen molar-refractivity contribution in [3.05, 3.63) is 59.5 Å². The van der Waals surface area contributed by atoms with Crippen molar-refractivity contribution in [2.45, 2.75) is 38.6 Å². The summed E-state index contributed by atoms with van der Waals surface area (Å²) in [5.74, 6) is 1.09. The summed E-state index contributed by atoms with van der Waals surface area (Å²) in [6, 6.07) is 10.3. The quantitative estimate of drug-likeness (QED) is 0.802. The SMILES string of the molecule is CC1CCc2c(ccc(C3=CN(C)NN3)c2Oc2cccc(F)c2)N1C(=O)C1CC1. The minimum Gasteiger partial charge on any atom is -0.456 e. The number of halogens is 1. The van der Waals surface area contributed by atoms with Crippen LogP contribution in [0.5, 0.6) is 11.5 Å². The van der Waals surface area contributed by atoms with Crippen LogP contribution in [0.15, 0.2) is 42.6 Å². The molecular formula is C23H25FN4O2. The lowest BCUT2D eigenvalue weighted by Gasteiger charge is -2.36. The Morgan fingerprint density at radius 2 is 2.03 bits per heavy atom. The highest BCUT2D eigenvalue weighted by atomic mass is 19.1. The lowest BCUT2D eigenvalue weighted by Crippen LogP contribution is -2.43. The summed E-state index contributed by atoms with van der Waals surface area (Å²) >= 11 is 0. The van der Waals surface area contributed by atoms with E-state index in [1.165, 1.54) is 12.1 Å². The first-order valence-electron chi connectivity index (χ1n) is 10.4. The highest BCUT2D eigenvalue weighted by Crippen LogP contribution is 2.45. The third kappa shape index (κ3) is 3.39. The molecule has 1 amide bonds. The van der Waals surface area contributed by atoms with Crippen LogP contribution in [0.3, 0.4) is 0 Å². The molecule has 2 aromatic carbocycles. The van der Waals surface area contributed by atoms with Crippen molar-refractivity contribution in [1.82, 2.24) is 16.0 Å². The molecule has 1 saturated carbocycles. The van der Waals surface area contributed by atoms with Crippen molar-refractivity contribution in [2.75, 3.05) is 11.9 Å². The fraction of sp³-hybridized carbons (Fsp3) is 0.348. The third-order valence-corrected chi connectivity index (χ3v) is 5.91. The number of ether oxygens (including phenoxy) is 1.